The summed E-state index contributed by atoms with van der Waals surface area (Å²) in [4.78, 5) is 29.5. The minimum Gasteiger partial charge on any atom is -0.461 e. The Labute approximate surface area is 158 Å². The van der Waals surface area contributed by atoms with Gasteiger partial charge in [0.05, 0.1) is 12.6 Å². The molecule has 0 aromatic carbocycles. The van der Waals surface area contributed by atoms with Crippen LogP contribution in [0, 0.1) is 0 Å². The van der Waals surface area contributed by atoms with Gasteiger partial charge in [-0.1, -0.05) is 12.2 Å². The van der Waals surface area contributed by atoms with Gasteiger partial charge in [0.2, 0.25) is 0 Å². The van der Waals surface area contributed by atoms with Crippen molar-refractivity contribution >= 4 is 23.4 Å². The monoisotopic (exact) mass is 384 g/mol. The van der Waals surface area contributed by atoms with Crippen molar-refractivity contribution in [2.45, 2.75) is 58.8 Å². The number of nitrogens with zero attached hydrogens (tertiary/aromatic N) is 2. The quantitative estimate of drug-likeness (QED) is 0.571. The molecule has 1 rings (SSSR count). The SMILES string of the molecule is C=C(C)[C@@H](C[C@@H](O)c1nc(C(=O)OCC)cs1)N(C)C(=O)OC(C)(C)C. The molecule has 1 aromatic heterocycles. The van der Waals surface area contributed by atoms with E-state index in [0.29, 0.717) is 10.6 Å². The number of aromatic nitrogens is 1. The zero-order valence-corrected chi connectivity index (χ0v) is 17.1. The molecule has 1 heterocycles. The van der Waals surface area contributed by atoms with E-state index in [1.54, 1.807) is 47.0 Å². The standard InChI is InChI=1S/C18H28N2O5S/c1-8-24-16(22)12-10-26-15(19-12)14(21)9-13(11(2)3)20(7)17(23)25-18(4,5)6/h10,13-14,21H,2,8-9H2,1,3-7H3/t13-,14-/m1/s1. The van der Waals surface area contributed by atoms with Gasteiger partial charge >= 0.3 is 12.1 Å². The molecule has 0 fully saturated rings. The van der Waals surface area contributed by atoms with E-state index in [1.165, 1.54) is 16.2 Å². The summed E-state index contributed by atoms with van der Waals surface area (Å²) >= 11 is 1.17. The first-order chi connectivity index (χ1) is 12.0. The average molecular weight is 384 g/mol. The average Bonchev–Trinajstić information content (AvgIpc) is 3.00. The Morgan fingerprint density at radius 1 is 1.42 bits per heavy atom. The van der Waals surface area contributed by atoms with Gasteiger partial charge < -0.3 is 19.5 Å². The van der Waals surface area contributed by atoms with E-state index in [1.807, 2.05) is 0 Å². The number of carbonyl (C=O) groups excluding carboxylic acids is 2. The minimum absolute atomic E-state index is 0.165. The third kappa shape index (κ3) is 6.42. The smallest absolute Gasteiger partial charge is 0.410 e. The fourth-order valence-corrected chi connectivity index (χ4v) is 2.99. The van der Waals surface area contributed by atoms with Crippen molar-refractivity contribution in [2.24, 2.45) is 0 Å². The maximum Gasteiger partial charge on any atom is 0.410 e. The van der Waals surface area contributed by atoms with Crippen molar-refractivity contribution in [3.05, 3.63) is 28.2 Å². The molecule has 0 saturated heterocycles. The highest BCUT2D eigenvalue weighted by molar-refractivity contribution is 7.09. The Bertz CT molecular complexity index is 650. The second-order valence-electron chi connectivity index (χ2n) is 7.00. The lowest BCUT2D eigenvalue weighted by atomic mass is 10.0. The van der Waals surface area contributed by atoms with Crippen LogP contribution in [0.1, 0.15) is 62.6 Å². The van der Waals surface area contributed by atoms with Gasteiger partial charge in [0.15, 0.2) is 5.69 Å². The Hall–Kier alpha value is -1.93. The van der Waals surface area contributed by atoms with E-state index in [2.05, 4.69) is 11.6 Å². The Kier molecular flexibility index (Phi) is 7.77. The van der Waals surface area contributed by atoms with Gasteiger partial charge in [-0.05, 0) is 34.6 Å². The molecule has 1 aromatic rings. The largest absolute Gasteiger partial charge is 0.461 e. The molecule has 0 aliphatic rings. The van der Waals surface area contributed by atoms with Gasteiger partial charge in [0.1, 0.15) is 16.7 Å². The van der Waals surface area contributed by atoms with Crippen molar-refractivity contribution < 1.29 is 24.2 Å². The molecule has 1 amide bonds. The normalized spacial score (nSPS) is 13.7. The summed E-state index contributed by atoms with van der Waals surface area (Å²) in [5.41, 5.74) is 0.255. The van der Waals surface area contributed by atoms with Gasteiger partial charge in [0, 0.05) is 18.8 Å². The molecule has 7 nitrogen and oxygen atoms in total. The Morgan fingerprint density at radius 2 is 2.04 bits per heavy atom. The molecule has 1 N–H and O–H groups in total. The molecule has 0 bridgehead atoms. The van der Waals surface area contributed by atoms with Crippen LogP contribution >= 0.6 is 11.3 Å². The summed E-state index contributed by atoms with van der Waals surface area (Å²) in [5.74, 6) is -0.524. The fourth-order valence-electron chi connectivity index (χ4n) is 2.20. The molecule has 2 atom stereocenters. The zero-order valence-electron chi connectivity index (χ0n) is 16.2. The van der Waals surface area contributed by atoms with Crippen molar-refractivity contribution in [3.8, 4) is 0 Å². The maximum atomic E-state index is 12.3. The minimum atomic E-state index is -0.949. The first-order valence-electron chi connectivity index (χ1n) is 8.38. The third-order valence-corrected chi connectivity index (χ3v) is 4.40. The lowest BCUT2D eigenvalue weighted by Crippen LogP contribution is -2.42. The maximum absolute atomic E-state index is 12.3. The van der Waals surface area contributed by atoms with E-state index in [9.17, 15) is 14.7 Å². The number of hydrogen-bond acceptors (Lipinski definition) is 7. The predicted octanol–water partition coefficient (Wildman–Crippen LogP) is 3.55. The van der Waals surface area contributed by atoms with Crippen LogP contribution in [-0.2, 0) is 9.47 Å². The van der Waals surface area contributed by atoms with E-state index < -0.39 is 29.8 Å². The highest BCUT2D eigenvalue weighted by Crippen LogP contribution is 2.27. The summed E-state index contributed by atoms with van der Waals surface area (Å²) in [6.45, 7) is 13.0. The van der Waals surface area contributed by atoms with Crippen molar-refractivity contribution in [1.29, 1.82) is 0 Å². The highest BCUT2D eigenvalue weighted by atomic mass is 32.1. The van der Waals surface area contributed by atoms with Gasteiger partial charge in [-0.15, -0.1) is 11.3 Å². The number of aliphatic hydroxyl groups is 1. The van der Waals surface area contributed by atoms with Crippen LogP contribution in [0.2, 0.25) is 0 Å². The van der Waals surface area contributed by atoms with Crippen LogP contribution in [0.15, 0.2) is 17.5 Å². The Morgan fingerprint density at radius 3 is 2.54 bits per heavy atom. The van der Waals surface area contributed by atoms with Gasteiger partial charge in [-0.3, -0.25) is 0 Å². The Balaban J connectivity index is 2.85. The number of esters is 1. The van der Waals surface area contributed by atoms with Crippen molar-refractivity contribution in [1.82, 2.24) is 9.88 Å². The first kappa shape index (κ1) is 22.1. The van der Waals surface area contributed by atoms with Crippen LogP contribution in [0.4, 0.5) is 4.79 Å². The number of amides is 1. The van der Waals surface area contributed by atoms with Crippen molar-refractivity contribution in [2.75, 3.05) is 13.7 Å². The first-order valence-corrected chi connectivity index (χ1v) is 9.26. The van der Waals surface area contributed by atoms with Gasteiger partial charge in [-0.25, -0.2) is 14.6 Å². The van der Waals surface area contributed by atoms with Crippen LogP contribution in [-0.4, -0.2) is 52.4 Å². The number of rotatable bonds is 7. The van der Waals surface area contributed by atoms with Crippen LogP contribution in [0.25, 0.3) is 0 Å². The summed E-state index contributed by atoms with van der Waals surface area (Å²) in [7, 11) is 1.60. The molecular formula is C18H28N2O5S. The van der Waals surface area contributed by atoms with Gasteiger partial charge in [-0.2, -0.15) is 0 Å². The molecule has 0 unspecified atom stereocenters. The number of hydrogen-bond donors (Lipinski definition) is 1. The fraction of sp³-hybridized carbons (Fsp3) is 0.611. The van der Waals surface area contributed by atoms with Gasteiger partial charge in [0.25, 0.3) is 0 Å². The van der Waals surface area contributed by atoms with E-state index in [4.69, 9.17) is 9.47 Å². The predicted molar refractivity (Wildman–Crippen MR) is 100 cm³/mol. The number of carbonyl (C=O) groups is 2. The lowest BCUT2D eigenvalue weighted by Gasteiger charge is -2.32. The lowest BCUT2D eigenvalue weighted by molar-refractivity contribution is 0.0202. The summed E-state index contributed by atoms with van der Waals surface area (Å²) < 4.78 is 10.3. The summed E-state index contributed by atoms with van der Waals surface area (Å²) in [6.07, 6.45) is -1.25. The van der Waals surface area contributed by atoms with E-state index in [0.717, 1.165) is 0 Å². The number of ether oxygens (including phenoxy) is 2. The molecule has 0 spiro atoms. The topological polar surface area (TPSA) is 89.0 Å². The van der Waals surface area contributed by atoms with Crippen LogP contribution < -0.4 is 0 Å². The second kappa shape index (κ2) is 9.14. The van der Waals surface area contributed by atoms with E-state index >= 15 is 0 Å². The van der Waals surface area contributed by atoms with Crippen molar-refractivity contribution in [3.63, 3.8) is 0 Å². The molecule has 0 radical (unpaired) electrons. The molecule has 0 aliphatic heterocycles. The van der Waals surface area contributed by atoms with Crippen LogP contribution in [0.5, 0.6) is 0 Å². The summed E-state index contributed by atoms with van der Waals surface area (Å²) in [6, 6.07) is -0.435. The zero-order chi connectivity index (χ0) is 20.1. The number of aliphatic hydroxyl groups excluding tert-OH is 1. The molecule has 146 valence electrons. The van der Waals surface area contributed by atoms with E-state index in [-0.39, 0.29) is 18.7 Å². The molecule has 26 heavy (non-hydrogen) atoms. The number of thiazole rings is 1. The number of likely N-dealkylation sites (N-methyl/N-ethyl adjacent to an activating group) is 1. The third-order valence-electron chi connectivity index (χ3n) is 3.46. The summed E-state index contributed by atoms with van der Waals surface area (Å²) in [5, 5.41) is 12.4. The van der Waals surface area contributed by atoms with Crippen LogP contribution in [0.3, 0.4) is 0 Å². The second-order valence-corrected chi connectivity index (χ2v) is 7.89. The molecule has 0 saturated carbocycles. The molecule has 8 heteroatoms. The molecular weight excluding hydrogens is 356 g/mol. The highest BCUT2D eigenvalue weighted by Gasteiger charge is 2.29. The molecule has 0 aliphatic carbocycles.